The van der Waals surface area contributed by atoms with Crippen molar-refractivity contribution in [3.05, 3.63) is 23.3 Å². The zero-order valence-electron chi connectivity index (χ0n) is 14.0. The second kappa shape index (κ2) is 4.95. The molecule has 0 heterocycles. The lowest BCUT2D eigenvalue weighted by atomic mass is 9.48. The second-order valence-corrected chi connectivity index (χ2v) is 8.63. The SMILES string of the molecule is CC1=C2[C@@H]3CCC[C@@]3(C(O)O)CC[C@@H]2[C@@]2(C)C=CCCC2C1. The summed E-state index contributed by atoms with van der Waals surface area (Å²) >= 11 is 0. The molecule has 2 heteroatoms. The maximum atomic E-state index is 10.1. The molecule has 0 radical (unpaired) electrons. The normalized spacial score (nSPS) is 47.4. The third kappa shape index (κ3) is 1.80. The van der Waals surface area contributed by atoms with E-state index in [-0.39, 0.29) is 5.41 Å². The molecule has 0 aromatic carbocycles. The molecule has 2 saturated carbocycles. The zero-order valence-corrected chi connectivity index (χ0v) is 14.0. The predicted octanol–water partition coefficient (Wildman–Crippen LogP) is 4.19. The van der Waals surface area contributed by atoms with Crippen molar-refractivity contribution >= 4 is 0 Å². The molecule has 2 N–H and O–H groups in total. The summed E-state index contributed by atoms with van der Waals surface area (Å²) < 4.78 is 0. The van der Waals surface area contributed by atoms with Gasteiger partial charge in [-0.15, -0.1) is 0 Å². The molecule has 2 fully saturated rings. The largest absolute Gasteiger partial charge is 0.368 e. The highest BCUT2D eigenvalue weighted by atomic mass is 16.5. The van der Waals surface area contributed by atoms with E-state index in [4.69, 9.17) is 0 Å². The molecule has 122 valence electrons. The van der Waals surface area contributed by atoms with Gasteiger partial charge in [-0.05, 0) is 75.0 Å². The minimum Gasteiger partial charge on any atom is -0.368 e. The Hall–Kier alpha value is -0.600. The van der Waals surface area contributed by atoms with Crippen LogP contribution in [0.2, 0.25) is 0 Å². The van der Waals surface area contributed by atoms with E-state index in [1.165, 1.54) is 19.3 Å². The third-order valence-electron chi connectivity index (χ3n) is 7.83. The summed E-state index contributed by atoms with van der Waals surface area (Å²) in [7, 11) is 0. The maximum Gasteiger partial charge on any atom is 0.157 e. The lowest BCUT2D eigenvalue weighted by molar-refractivity contribution is -0.161. The van der Waals surface area contributed by atoms with Gasteiger partial charge in [0.05, 0.1) is 0 Å². The minimum absolute atomic E-state index is 0.241. The lowest BCUT2D eigenvalue weighted by Crippen LogP contribution is -2.50. The van der Waals surface area contributed by atoms with Crippen molar-refractivity contribution in [1.29, 1.82) is 0 Å². The number of hydrogen-bond donors (Lipinski definition) is 2. The molecule has 4 rings (SSSR count). The number of hydrogen-bond acceptors (Lipinski definition) is 2. The molecule has 0 aromatic rings. The number of allylic oxidation sites excluding steroid dienone is 4. The number of aliphatic hydroxyl groups is 2. The fraction of sp³-hybridized carbons (Fsp3) is 0.800. The Bertz CT molecular complexity index is 532. The van der Waals surface area contributed by atoms with Crippen LogP contribution in [-0.2, 0) is 0 Å². The summed E-state index contributed by atoms with van der Waals surface area (Å²) in [5, 5.41) is 20.3. The van der Waals surface area contributed by atoms with Crippen LogP contribution in [0.15, 0.2) is 23.3 Å². The Morgan fingerprint density at radius 2 is 1.95 bits per heavy atom. The van der Waals surface area contributed by atoms with Gasteiger partial charge in [-0.3, -0.25) is 0 Å². The van der Waals surface area contributed by atoms with Gasteiger partial charge in [-0.2, -0.15) is 0 Å². The van der Waals surface area contributed by atoms with Crippen LogP contribution in [0.4, 0.5) is 0 Å². The molecule has 0 saturated heterocycles. The van der Waals surface area contributed by atoms with Gasteiger partial charge in [-0.25, -0.2) is 0 Å². The molecular weight excluding hydrogens is 272 g/mol. The summed E-state index contributed by atoms with van der Waals surface area (Å²) in [5.41, 5.74) is 3.28. The summed E-state index contributed by atoms with van der Waals surface area (Å²) in [5.74, 6) is 1.84. The van der Waals surface area contributed by atoms with Crippen molar-refractivity contribution < 1.29 is 10.2 Å². The smallest absolute Gasteiger partial charge is 0.157 e. The summed E-state index contributed by atoms with van der Waals surface area (Å²) in [6, 6.07) is 0. The van der Waals surface area contributed by atoms with Gasteiger partial charge in [0.2, 0.25) is 0 Å². The van der Waals surface area contributed by atoms with E-state index in [0.717, 1.165) is 38.0 Å². The highest BCUT2D eigenvalue weighted by Gasteiger charge is 2.58. The van der Waals surface area contributed by atoms with Gasteiger partial charge in [0, 0.05) is 5.41 Å². The van der Waals surface area contributed by atoms with E-state index < -0.39 is 6.29 Å². The zero-order chi connectivity index (χ0) is 15.5. The number of rotatable bonds is 1. The molecule has 0 bridgehead atoms. The van der Waals surface area contributed by atoms with E-state index in [0.29, 0.717) is 17.3 Å². The molecule has 22 heavy (non-hydrogen) atoms. The molecule has 0 aromatic heterocycles. The van der Waals surface area contributed by atoms with Crippen molar-refractivity contribution in [1.82, 2.24) is 0 Å². The first-order valence-corrected chi connectivity index (χ1v) is 9.22. The fourth-order valence-electron chi connectivity index (χ4n) is 6.64. The van der Waals surface area contributed by atoms with Crippen LogP contribution < -0.4 is 0 Å². The predicted molar refractivity (Wildman–Crippen MR) is 88.0 cm³/mol. The van der Waals surface area contributed by atoms with Crippen molar-refractivity contribution in [2.45, 2.75) is 71.5 Å². The number of aliphatic hydroxyl groups excluding tert-OH is 1. The first-order chi connectivity index (χ1) is 10.5. The maximum absolute atomic E-state index is 10.1. The van der Waals surface area contributed by atoms with Crippen LogP contribution in [-0.4, -0.2) is 16.5 Å². The molecule has 2 nitrogen and oxygen atoms in total. The highest BCUT2D eigenvalue weighted by Crippen LogP contribution is 2.65. The fourth-order valence-corrected chi connectivity index (χ4v) is 6.64. The van der Waals surface area contributed by atoms with Gasteiger partial charge >= 0.3 is 0 Å². The van der Waals surface area contributed by atoms with Crippen LogP contribution >= 0.6 is 0 Å². The molecule has 0 aliphatic heterocycles. The average molecular weight is 302 g/mol. The van der Waals surface area contributed by atoms with Gasteiger partial charge < -0.3 is 10.2 Å². The van der Waals surface area contributed by atoms with E-state index in [9.17, 15) is 10.2 Å². The second-order valence-electron chi connectivity index (χ2n) is 8.63. The van der Waals surface area contributed by atoms with Crippen molar-refractivity contribution in [3.8, 4) is 0 Å². The van der Waals surface area contributed by atoms with Gasteiger partial charge in [-0.1, -0.05) is 36.6 Å². The Kier molecular flexibility index (Phi) is 3.36. The Labute approximate surface area is 134 Å². The third-order valence-corrected chi connectivity index (χ3v) is 7.83. The van der Waals surface area contributed by atoms with E-state index in [1.54, 1.807) is 11.1 Å². The molecule has 0 amide bonds. The summed E-state index contributed by atoms with van der Waals surface area (Å²) in [6.45, 7) is 4.81. The van der Waals surface area contributed by atoms with Crippen LogP contribution in [0.25, 0.3) is 0 Å². The van der Waals surface area contributed by atoms with E-state index in [1.807, 2.05) is 0 Å². The number of fused-ring (bicyclic) bond motifs is 5. The van der Waals surface area contributed by atoms with Crippen molar-refractivity contribution in [2.75, 3.05) is 0 Å². The Balaban J connectivity index is 1.80. The quantitative estimate of drug-likeness (QED) is 0.563. The first-order valence-electron chi connectivity index (χ1n) is 9.22. The van der Waals surface area contributed by atoms with Gasteiger partial charge in [0.25, 0.3) is 0 Å². The van der Waals surface area contributed by atoms with Crippen LogP contribution in [0.1, 0.15) is 65.2 Å². The first kappa shape index (κ1) is 15.0. The van der Waals surface area contributed by atoms with Crippen LogP contribution in [0, 0.1) is 28.6 Å². The minimum atomic E-state index is -1.14. The molecule has 4 aliphatic carbocycles. The topological polar surface area (TPSA) is 40.5 Å². The van der Waals surface area contributed by atoms with Gasteiger partial charge in [0.15, 0.2) is 6.29 Å². The molecule has 1 unspecified atom stereocenters. The molecular formula is C20H30O2. The summed E-state index contributed by atoms with van der Waals surface area (Å²) in [6.07, 6.45) is 13.0. The highest BCUT2D eigenvalue weighted by molar-refractivity contribution is 5.34. The lowest BCUT2D eigenvalue weighted by Gasteiger charge is -2.56. The Morgan fingerprint density at radius 1 is 1.14 bits per heavy atom. The molecule has 4 aliphatic rings. The van der Waals surface area contributed by atoms with Crippen molar-refractivity contribution in [3.63, 3.8) is 0 Å². The summed E-state index contributed by atoms with van der Waals surface area (Å²) in [4.78, 5) is 0. The average Bonchev–Trinajstić information content (AvgIpc) is 2.93. The Morgan fingerprint density at radius 3 is 2.73 bits per heavy atom. The molecule has 0 spiro atoms. The monoisotopic (exact) mass is 302 g/mol. The van der Waals surface area contributed by atoms with Crippen LogP contribution in [0.3, 0.4) is 0 Å². The van der Waals surface area contributed by atoms with E-state index in [2.05, 4.69) is 26.0 Å². The standard InChI is InChI=1S/C20H30O2/c1-13-12-14-6-3-4-9-19(14,2)15-8-11-20(18(21)22)10-5-7-16(20)17(13)15/h4,9,14-16,18,21-22H,3,5-8,10-12H2,1-2H3/t14?,15-,16-,19-,20+/m0/s1. The van der Waals surface area contributed by atoms with Crippen LogP contribution in [0.5, 0.6) is 0 Å². The van der Waals surface area contributed by atoms with Gasteiger partial charge in [0.1, 0.15) is 0 Å². The van der Waals surface area contributed by atoms with Crippen molar-refractivity contribution in [2.24, 2.45) is 28.6 Å². The van der Waals surface area contributed by atoms with E-state index >= 15 is 0 Å². The molecule has 5 atom stereocenters.